The van der Waals surface area contributed by atoms with Crippen LogP contribution in [0.4, 0.5) is 10.3 Å². The van der Waals surface area contributed by atoms with Gasteiger partial charge < -0.3 is 11.5 Å². The lowest BCUT2D eigenvalue weighted by atomic mass is 10.1. The molecule has 0 atom stereocenters. The molecule has 0 aliphatic carbocycles. The van der Waals surface area contributed by atoms with Crippen LogP contribution in [0, 0.1) is 0 Å². The summed E-state index contributed by atoms with van der Waals surface area (Å²) in [4.78, 5) is 0. The maximum absolute atomic E-state index is 5.57. The van der Waals surface area contributed by atoms with E-state index >= 15 is 0 Å². The third kappa shape index (κ3) is 9.94. The molecular formula is C16H28N6S4. The van der Waals surface area contributed by atoms with Crippen LogP contribution in [0.5, 0.6) is 0 Å². The van der Waals surface area contributed by atoms with Gasteiger partial charge in [0.2, 0.25) is 10.3 Å². The molecule has 0 unspecified atom stereocenters. The highest BCUT2D eigenvalue weighted by Gasteiger charge is 2.02. The van der Waals surface area contributed by atoms with Gasteiger partial charge in [0.1, 0.15) is 0 Å². The zero-order valence-corrected chi connectivity index (χ0v) is 18.3. The molecule has 2 aromatic rings. The van der Waals surface area contributed by atoms with E-state index in [2.05, 4.69) is 20.4 Å². The van der Waals surface area contributed by atoms with Crippen molar-refractivity contribution in [2.24, 2.45) is 0 Å². The van der Waals surface area contributed by atoms with Crippen molar-refractivity contribution in [1.82, 2.24) is 20.4 Å². The molecule has 2 heterocycles. The van der Waals surface area contributed by atoms with Crippen molar-refractivity contribution in [1.29, 1.82) is 0 Å². The zero-order valence-electron chi connectivity index (χ0n) is 15.1. The lowest BCUT2D eigenvalue weighted by Gasteiger charge is -2.02. The number of unbranched alkanes of at least 4 members (excludes halogenated alkanes) is 9. The molecule has 4 N–H and O–H groups in total. The standard InChI is InChI=1S/C16H28N6S4/c17-13-19-21-15(25-13)23-11-9-7-5-3-1-2-4-6-8-10-12-24-16-22-20-14(18)26-16/h1-12H2,(H2,17,19)(H2,18,20). The molecule has 6 nitrogen and oxygen atoms in total. The van der Waals surface area contributed by atoms with Crippen LogP contribution in [0.25, 0.3) is 0 Å². The lowest BCUT2D eigenvalue weighted by Crippen LogP contribution is -1.85. The third-order valence-electron chi connectivity index (χ3n) is 3.83. The van der Waals surface area contributed by atoms with Crippen LogP contribution in [0.3, 0.4) is 0 Å². The Morgan fingerprint density at radius 2 is 0.885 bits per heavy atom. The van der Waals surface area contributed by atoms with Gasteiger partial charge in [-0.05, 0) is 12.8 Å². The second kappa shape index (κ2) is 13.6. The molecular weight excluding hydrogens is 404 g/mol. The van der Waals surface area contributed by atoms with E-state index in [1.165, 1.54) is 86.9 Å². The summed E-state index contributed by atoms with van der Waals surface area (Å²) in [6.07, 6.45) is 13.3. The Kier molecular flexibility index (Phi) is 11.3. The minimum atomic E-state index is 0.563. The fourth-order valence-electron chi connectivity index (χ4n) is 2.49. The number of hydrogen-bond donors (Lipinski definition) is 2. The molecule has 0 saturated carbocycles. The van der Waals surface area contributed by atoms with E-state index in [0.717, 1.165) is 20.2 Å². The molecule has 0 aliphatic heterocycles. The van der Waals surface area contributed by atoms with Crippen molar-refractivity contribution < 1.29 is 0 Å². The first-order valence-electron chi connectivity index (χ1n) is 9.17. The summed E-state index contributed by atoms with van der Waals surface area (Å²) in [7, 11) is 0. The normalized spacial score (nSPS) is 11.2. The maximum Gasteiger partial charge on any atom is 0.203 e. The topological polar surface area (TPSA) is 104 Å². The van der Waals surface area contributed by atoms with E-state index in [9.17, 15) is 0 Å². The average molecular weight is 433 g/mol. The number of nitrogens with zero attached hydrogens (tertiary/aromatic N) is 4. The Hall–Kier alpha value is -0.580. The van der Waals surface area contributed by atoms with Crippen LogP contribution in [0.1, 0.15) is 64.2 Å². The summed E-state index contributed by atoms with van der Waals surface area (Å²) in [5.41, 5.74) is 11.1. The minimum Gasteiger partial charge on any atom is -0.374 e. The van der Waals surface area contributed by atoms with Gasteiger partial charge in [0.25, 0.3) is 0 Å². The molecule has 0 aliphatic rings. The van der Waals surface area contributed by atoms with Crippen molar-refractivity contribution in [3.63, 3.8) is 0 Å². The molecule has 10 heteroatoms. The first-order valence-corrected chi connectivity index (χ1v) is 12.8. The van der Waals surface area contributed by atoms with Gasteiger partial charge >= 0.3 is 0 Å². The Labute approximate surface area is 172 Å². The largest absolute Gasteiger partial charge is 0.374 e. The predicted octanol–water partition coefficient (Wildman–Crippen LogP) is 5.34. The Bertz CT molecular complexity index is 551. The van der Waals surface area contributed by atoms with Crippen molar-refractivity contribution in [3.05, 3.63) is 0 Å². The number of hydrogen-bond acceptors (Lipinski definition) is 10. The molecule has 0 saturated heterocycles. The first kappa shape index (κ1) is 21.7. The molecule has 2 aromatic heterocycles. The lowest BCUT2D eigenvalue weighted by molar-refractivity contribution is 0.564. The predicted molar refractivity (Wildman–Crippen MR) is 116 cm³/mol. The van der Waals surface area contributed by atoms with Gasteiger partial charge in [-0.25, -0.2) is 0 Å². The Balaban J connectivity index is 1.28. The van der Waals surface area contributed by atoms with Crippen LogP contribution in [0.2, 0.25) is 0 Å². The number of aromatic nitrogens is 4. The summed E-state index contributed by atoms with van der Waals surface area (Å²) in [6.45, 7) is 0. The Morgan fingerprint density at radius 3 is 1.19 bits per heavy atom. The van der Waals surface area contributed by atoms with Crippen LogP contribution in [-0.4, -0.2) is 31.9 Å². The van der Waals surface area contributed by atoms with Gasteiger partial charge in [-0.3, -0.25) is 0 Å². The van der Waals surface area contributed by atoms with Crippen LogP contribution < -0.4 is 11.5 Å². The summed E-state index contributed by atoms with van der Waals surface area (Å²) in [5, 5.41) is 16.8. The number of rotatable bonds is 15. The number of nitrogens with two attached hydrogens (primary N) is 2. The monoisotopic (exact) mass is 432 g/mol. The van der Waals surface area contributed by atoms with Crippen molar-refractivity contribution in [3.8, 4) is 0 Å². The molecule has 0 spiro atoms. The summed E-state index contributed by atoms with van der Waals surface area (Å²) >= 11 is 6.50. The van der Waals surface area contributed by atoms with Gasteiger partial charge in [-0.15, -0.1) is 20.4 Å². The molecule has 146 valence electrons. The molecule has 0 aromatic carbocycles. The minimum absolute atomic E-state index is 0.563. The van der Waals surface area contributed by atoms with Crippen LogP contribution in [-0.2, 0) is 0 Å². The third-order valence-corrected chi connectivity index (χ3v) is 7.78. The highest BCUT2D eigenvalue weighted by atomic mass is 32.2. The van der Waals surface area contributed by atoms with Crippen molar-refractivity contribution in [2.45, 2.75) is 72.9 Å². The van der Waals surface area contributed by atoms with E-state index in [1.807, 2.05) is 0 Å². The molecule has 0 amide bonds. The fourth-order valence-corrected chi connectivity index (χ4v) is 5.91. The molecule has 2 rings (SSSR count). The van der Waals surface area contributed by atoms with Crippen molar-refractivity contribution in [2.75, 3.05) is 23.0 Å². The van der Waals surface area contributed by atoms with Gasteiger partial charge in [0, 0.05) is 11.5 Å². The van der Waals surface area contributed by atoms with Gasteiger partial charge in [0.05, 0.1) is 0 Å². The van der Waals surface area contributed by atoms with Crippen LogP contribution >= 0.6 is 46.2 Å². The second-order valence-electron chi connectivity index (χ2n) is 6.04. The average Bonchev–Trinajstić information content (AvgIpc) is 3.23. The molecule has 0 fully saturated rings. The van der Waals surface area contributed by atoms with E-state index in [4.69, 9.17) is 11.5 Å². The first-order chi connectivity index (χ1) is 12.7. The van der Waals surface area contributed by atoms with E-state index in [1.54, 1.807) is 23.5 Å². The molecule has 0 radical (unpaired) electrons. The Morgan fingerprint density at radius 1 is 0.538 bits per heavy atom. The maximum atomic E-state index is 5.57. The molecule has 26 heavy (non-hydrogen) atoms. The summed E-state index contributed by atoms with van der Waals surface area (Å²) in [6, 6.07) is 0. The quantitative estimate of drug-likeness (QED) is 0.287. The zero-order chi connectivity index (χ0) is 18.5. The number of thioether (sulfide) groups is 2. The van der Waals surface area contributed by atoms with Crippen molar-refractivity contribution >= 4 is 56.5 Å². The van der Waals surface area contributed by atoms with Crippen LogP contribution in [0.15, 0.2) is 8.68 Å². The summed E-state index contributed by atoms with van der Waals surface area (Å²) in [5.74, 6) is 2.24. The summed E-state index contributed by atoms with van der Waals surface area (Å²) < 4.78 is 1.99. The SMILES string of the molecule is Nc1nnc(SCCCCCCCCCCCCSc2nnc(N)s2)s1. The van der Waals surface area contributed by atoms with E-state index in [-0.39, 0.29) is 0 Å². The fraction of sp³-hybridized carbons (Fsp3) is 0.750. The van der Waals surface area contributed by atoms with Gasteiger partial charge in [-0.1, -0.05) is 97.6 Å². The smallest absolute Gasteiger partial charge is 0.203 e. The van der Waals surface area contributed by atoms with E-state index in [0.29, 0.717) is 10.3 Å². The van der Waals surface area contributed by atoms with Gasteiger partial charge in [-0.2, -0.15) is 0 Å². The highest BCUT2D eigenvalue weighted by molar-refractivity contribution is 8.01. The number of nitrogen functional groups attached to an aromatic ring is 2. The second-order valence-corrected chi connectivity index (χ2v) is 10.7. The molecule has 0 bridgehead atoms. The highest BCUT2D eigenvalue weighted by Crippen LogP contribution is 2.25. The number of anilines is 2. The van der Waals surface area contributed by atoms with Gasteiger partial charge in [0.15, 0.2) is 8.68 Å². The van der Waals surface area contributed by atoms with E-state index < -0.39 is 0 Å².